The summed E-state index contributed by atoms with van der Waals surface area (Å²) >= 11 is 1.44. The van der Waals surface area contributed by atoms with Crippen LogP contribution in [-0.2, 0) is 0 Å². The fourth-order valence-electron chi connectivity index (χ4n) is 3.24. The van der Waals surface area contributed by atoms with Gasteiger partial charge in [0.25, 0.3) is 5.91 Å². The lowest BCUT2D eigenvalue weighted by atomic mass is 10.1. The van der Waals surface area contributed by atoms with E-state index in [1.54, 1.807) is 14.2 Å². The van der Waals surface area contributed by atoms with Gasteiger partial charge in [0.2, 0.25) is 0 Å². The summed E-state index contributed by atoms with van der Waals surface area (Å²) in [5.41, 5.74) is 3.80. The Hall–Kier alpha value is -3.45. The predicted molar refractivity (Wildman–Crippen MR) is 120 cm³/mol. The third-order valence-corrected chi connectivity index (χ3v) is 5.72. The van der Waals surface area contributed by atoms with Crippen molar-refractivity contribution < 1.29 is 14.3 Å². The number of carbonyl (C=O) groups excluding carboxylic acids is 1. The molecule has 6 nitrogen and oxygen atoms in total. The van der Waals surface area contributed by atoms with Gasteiger partial charge in [0.05, 0.1) is 36.7 Å². The lowest BCUT2D eigenvalue weighted by Gasteiger charge is -2.08. The van der Waals surface area contributed by atoms with E-state index in [9.17, 15) is 4.79 Å². The lowest BCUT2D eigenvalue weighted by molar-refractivity contribution is 0.102. The maximum atomic E-state index is 12.9. The number of thiazole rings is 1. The van der Waals surface area contributed by atoms with Gasteiger partial charge in [-0.1, -0.05) is 0 Å². The van der Waals surface area contributed by atoms with Gasteiger partial charge in [-0.25, -0.2) is 4.98 Å². The zero-order chi connectivity index (χ0) is 21.3. The van der Waals surface area contributed by atoms with Crippen molar-refractivity contribution in [2.75, 3.05) is 19.5 Å². The Balaban J connectivity index is 1.61. The first-order valence-electron chi connectivity index (χ1n) is 9.37. The SMILES string of the molecule is COc1ccc(-c2nc(NC(=O)c3cc4cc(OC)ccc4nc3C)sc2C)cc1. The van der Waals surface area contributed by atoms with E-state index in [1.165, 1.54) is 11.3 Å². The highest BCUT2D eigenvalue weighted by Gasteiger charge is 2.16. The highest BCUT2D eigenvalue weighted by molar-refractivity contribution is 7.16. The van der Waals surface area contributed by atoms with Crippen LogP contribution in [0.1, 0.15) is 20.9 Å². The van der Waals surface area contributed by atoms with Gasteiger partial charge in [-0.15, -0.1) is 11.3 Å². The molecule has 7 heteroatoms. The minimum absolute atomic E-state index is 0.236. The summed E-state index contributed by atoms with van der Waals surface area (Å²) in [4.78, 5) is 23.1. The topological polar surface area (TPSA) is 73.3 Å². The van der Waals surface area contributed by atoms with E-state index >= 15 is 0 Å². The summed E-state index contributed by atoms with van der Waals surface area (Å²) < 4.78 is 10.5. The first-order chi connectivity index (χ1) is 14.5. The highest BCUT2D eigenvalue weighted by atomic mass is 32.1. The fraction of sp³-hybridized carbons (Fsp3) is 0.174. The van der Waals surface area contributed by atoms with Crippen molar-refractivity contribution in [2.24, 2.45) is 0 Å². The third-order valence-electron chi connectivity index (χ3n) is 4.84. The van der Waals surface area contributed by atoms with E-state index < -0.39 is 0 Å². The predicted octanol–water partition coefficient (Wildman–Crippen LogP) is 5.24. The number of hydrogen-bond donors (Lipinski definition) is 1. The molecule has 152 valence electrons. The van der Waals surface area contributed by atoms with Crippen molar-refractivity contribution in [1.82, 2.24) is 9.97 Å². The molecule has 0 aliphatic rings. The van der Waals surface area contributed by atoms with Gasteiger partial charge < -0.3 is 9.47 Å². The van der Waals surface area contributed by atoms with Crippen LogP contribution in [0, 0.1) is 13.8 Å². The molecule has 0 saturated carbocycles. The number of methoxy groups -OCH3 is 2. The number of ether oxygens (including phenoxy) is 2. The second kappa shape index (κ2) is 8.12. The Bertz CT molecular complexity index is 1230. The molecule has 0 saturated heterocycles. The Kier molecular flexibility index (Phi) is 5.37. The molecule has 0 unspecified atom stereocenters. The van der Waals surface area contributed by atoms with Gasteiger partial charge in [-0.05, 0) is 62.4 Å². The van der Waals surface area contributed by atoms with E-state index in [0.717, 1.165) is 38.5 Å². The van der Waals surface area contributed by atoms with Gasteiger partial charge in [0.1, 0.15) is 11.5 Å². The standard InChI is InChI=1S/C23H21N3O3S/c1-13-19(12-16-11-18(29-4)9-10-20(16)24-13)22(27)26-23-25-21(14(2)30-23)15-5-7-17(28-3)8-6-15/h5-12H,1-4H3,(H,25,26,27). The molecule has 2 aromatic heterocycles. The van der Waals surface area contributed by atoms with Crippen LogP contribution in [0.25, 0.3) is 22.2 Å². The highest BCUT2D eigenvalue weighted by Crippen LogP contribution is 2.32. The minimum atomic E-state index is -0.236. The summed E-state index contributed by atoms with van der Waals surface area (Å²) in [5, 5.41) is 4.31. The number of hydrogen-bond acceptors (Lipinski definition) is 6. The molecule has 0 fully saturated rings. The van der Waals surface area contributed by atoms with Crippen molar-refractivity contribution in [3.05, 3.63) is 64.7 Å². The zero-order valence-electron chi connectivity index (χ0n) is 17.1. The van der Waals surface area contributed by atoms with Crippen LogP contribution in [-0.4, -0.2) is 30.1 Å². The number of aromatic nitrogens is 2. The number of fused-ring (bicyclic) bond motifs is 1. The van der Waals surface area contributed by atoms with Crippen molar-refractivity contribution in [3.8, 4) is 22.8 Å². The van der Waals surface area contributed by atoms with Crippen LogP contribution < -0.4 is 14.8 Å². The van der Waals surface area contributed by atoms with Crippen LogP contribution in [0.3, 0.4) is 0 Å². The first kappa shape index (κ1) is 19.8. The lowest BCUT2D eigenvalue weighted by Crippen LogP contribution is -2.14. The van der Waals surface area contributed by atoms with Crippen molar-refractivity contribution >= 4 is 33.3 Å². The first-order valence-corrected chi connectivity index (χ1v) is 10.2. The van der Waals surface area contributed by atoms with E-state index in [4.69, 9.17) is 9.47 Å². The summed E-state index contributed by atoms with van der Waals surface area (Å²) in [5.74, 6) is 1.27. The second-order valence-electron chi connectivity index (χ2n) is 6.79. The number of rotatable bonds is 5. The van der Waals surface area contributed by atoms with Crippen molar-refractivity contribution in [1.29, 1.82) is 0 Å². The third kappa shape index (κ3) is 3.84. The molecule has 1 N–H and O–H groups in total. The summed E-state index contributed by atoms with van der Waals surface area (Å²) in [6.45, 7) is 3.82. The monoisotopic (exact) mass is 419 g/mol. The molecular formula is C23H21N3O3S. The van der Waals surface area contributed by atoms with Gasteiger partial charge in [-0.2, -0.15) is 0 Å². The maximum Gasteiger partial charge on any atom is 0.259 e. The molecule has 0 radical (unpaired) electrons. The van der Waals surface area contributed by atoms with Crippen LogP contribution >= 0.6 is 11.3 Å². The molecule has 4 rings (SSSR count). The quantitative estimate of drug-likeness (QED) is 0.479. The number of nitrogens with zero attached hydrogens (tertiary/aromatic N) is 2. The molecule has 0 bridgehead atoms. The van der Waals surface area contributed by atoms with E-state index in [2.05, 4.69) is 15.3 Å². The van der Waals surface area contributed by atoms with Crippen molar-refractivity contribution in [2.45, 2.75) is 13.8 Å². The Morgan fingerprint density at radius 1 is 0.933 bits per heavy atom. The van der Waals surface area contributed by atoms with Crippen molar-refractivity contribution in [3.63, 3.8) is 0 Å². The fourth-order valence-corrected chi connectivity index (χ4v) is 4.07. The molecule has 0 atom stereocenters. The molecule has 0 spiro atoms. The Morgan fingerprint density at radius 3 is 2.33 bits per heavy atom. The second-order valence-corrected chi connectivity index (χ2v) is 7.99. The number of aryl methyl sites for hydroxylation is 2. The average Bonchev–Trinajstić information content (AvgIpc) is 3.12. The molecule has 0 aliphatic heterocycles. The minimum Gasteiger partial charge on any atom is -0.497 e. The zero-order valence-corrected chi connectivity index (χ0v) is 18.0. The molecular weight excluding hydrogens is 398 g/mol. The number of benzene rings is 2. The summed E-state index contributed by atoms with van der Waals surface area (Å²) in [6.07, 6.45) is 0. The summed E-state index contributed by atoms with van der Waals surface area (Å²) in [7, 11) is 3.25. The van der Waals surface area contributed by atoms with E-state index in [0.29, 0.717) is 16.4 Å². The number of amides is 1. The van der Waals surface area contributed by atoms with Gasteiger partial charge in [0, 0.05) is 15.8 Å². The van der Waals surface area contributed by atoms with Gasteiger partial charge >= 0.3 is 0 Å². The van der Waals surface area contributed by atoms with Crippen LogP contribution in [0.2, 0.25) is 0 Å². The normalized spacial score (nSPS) is 10.8. The molecule has 2 aromatic carbocycles. The number of carbonyl (C=O) groups is 1. The molecule has 30 heavy (non-hydrogen) atoms. The molecule has 0 aliphatic carbocycles. The van der Waals surface area contributed by atoms with Crippen LogP contribution in [0.5, 0.6) is 11.5 Å². The number of nitrogens with one attached hydrogen (secondary N) is 1. The van der Waals surface area contributed by atoms with Gasteiger partial charge in [-0.3, -0.25) is 15.1 Å². The number of anilines is 1. The largest absolute Gasteiger partial charge is 0.497 e. The maximum absolute atomic E-state index is 12.9. The smallest absolute Gasteiger partial charge is 0.259 e. The Labute approximate surface area is 178 Å². The molecule has 4 aromatic rings. The van der Waals surface area contributed by atoms with Crippen LogP contribution in [0.4, 0.5) is 5.13 Å². The molecule has 2 heterocycles. The van der Waals surface area contributed by atoms with Gasteiger partial charge in [0.15, 0.2) is 5.13 Å². The Morgan fingerprint density at radius 2 is 1.63 bits per heavy atom. The van der Waals surface area contributed by atoms with Crippen LogP contribution in [0.15, 0.2) is 48.5 Å². The molecule has 1 amide bonds. The number of pyridine rings is 1. The van der Waals surface area contributed by atoms with E-state index in [-0.39, 0.29) is 5.91 Å². The average molecular weight is 420 g/mol. The summed E-state index contributed by atoms with van der Waals surface area (Å²) in [6, 6.07) is 15.1. The van der Waals surface area contributed by atoms with E-state index in [1.807, 2.05) is 62.4 Å².